The van der Waals surface area contributed by atoms with Gasteiger partial charge in [-0.15, -0.1) is 0 Å². The van der Waals surface area contributed by atoms with Crippen molar-refractivity contribution in [1.29, 1.82) is 0 Å². The van der Waals surface area contributed by atoms with E-state index >= 15 is 0 Å². The topological polar surface area (TPSA) is 68.0 Å². The lowest BCUT2D eigenvalue weighted by Gasteiger charge is -2.14. The van der Waals surface area contributed by atoms with Crippen molar-refractivity contribution in [1.82, 2.24) is 10.3 Å². The van der Waals surface area contributed by atoms with Crippen LogP contribution in [0.15, 0.2) is 18.3 Å². The number of carbonyl (C=O) groups excluding carboxylic acids is 1. The minimum Gasteiger partial charge on any atom is -0.397 e. The number of aromatic nitrogens is 1. The van der Waals surface area contributed by atoms with Crippen molar-refractivity contribution in [2.24, 2.45) is 5.41 Å². The highest BCUT2D eigenvalue weighted by Crippen LogP contribution is 2.48. The molecule has 4 nitrogen and oxygen atoms in total. The summed E-state index contributed by atoms with van der Waals surface area (Å²) in [5.74, 6) is -0.104. The van der Waals surface area contributed by atoms with E-state index in [1.54, 1.807) is 12.1 Å². The van der Waals surface area contributed by atoms with Gasteiger partial charge in [0.2, 0.25) is 0 Å². The second-order valence-corrected chi connectivity index (χ2v) is 4.91. The third-order valence-electron chi connectivity index (χ3n) is 3.38. The fourth-order valence-electron chi connectivity index (χ4n) is 2.12. The SMILES string of the molecule is CCCC1(CNC(=O)c2ccc(N)cn2)CC1. The fraction of sp³-hybridized carbons (Fsp3) is 0.538. The van der Waals surface area contributed by atoms with Gasteiger partial charge in [-0.25, -0.2) is 4.98 Å². The molecule has 17 heavy (non-hydrogen) atoms. The molecule has 4 heteroatoms. The van der Waals surface area contributed by atoms with Gasteiger partial charge in [-0.2, -0.15) is 0 Å². The maximum absolute atomic E-state index is 11.8. The maximum atomic E-state index is 11.8. The molecular weight excluding hydrogens is 214 g/mol. The van der Waals surface area contributed by atoms with E-state index in [0.29, 0.717) is 16.8 Å². The highest BCUT2D eigenvalue weighted by atomic mass is 16.1. The number of pyridine rings is 1. The molecule has 1 amide bonds. The normalized spacial score (nSPS) is 16.5. The zero-order valence-electron chi connectivity index (χ0n) is 10.2. The Hall–Kier alpha value is -1.58. The van der Waals surface area contributed by atoms with E-state index in [4.69, 9.17) is 5.73 Å². The van der Waals surface area contributed by atoms with Crippen LogP contribution in [0, 0.1) is 5.41 Å². The third-order valence-corrected chi connectivity index (χ3v) is 3.38. The molecule has 0 bridgehead atoms. The standard InChI is InChI=1S/C13H19N3O/c1-2-5-13(6-7-13)9-16-12(17)11-4-3-10(14)8-15-11/h3-4,8H,2,5-7,9,14H2,1H3,(H,16,17). The Labute approximate surface area is 102 Å². The number of nitrogens with zero attached hydrogens (tertiary/aromatic N) is 1. The Balaban J connectivity index is 1.87. The molecule has 0 atom stereocenters. The van der Waals surface area contributed by atoms with Gasteiger partial charge in [0.15, 0.2) is 0 Å². The Bertz CT molecular complexity index is 396. The maximum Gasteiger partial charge on any atom is 0.269 e. The summed E-state index contributed by atoms with van der Waals surface area (Å²) in [7, 11) is 0. The van der Waals surface area contributed by atoms with Gasteiger partial charge in [0.1, 0.15) is 5.69 Å². The number of nitrogens with one attached hydrogen (secondary N) is 1. The Morgan fingerprint density at radius 3 is 2.82 bits per heavy atom. The minimum atomic E-state index is -0.104. The van der Waals surface area contributed by atoms with Crippen LogP contribution < -0.4 is 11.1 Å². The molecule has 1 fully saturated rings. The molecule has 0 saturated heterocycles. The first-order valence-corrected chi connectivity index (χ1v) is 6.15. The summed E-state index contributed by atoms with van der Waals surface area (Å²) in [6, 6.07) is 3.35. The second-order valence-electron chi connectivity index (χ2n) is 4.91. The number of carbonyl (C=O) groups is 1. The first-order valence-electron chi connectivity index (χ1n) is 6.15. The summed E-state index contributed by atoms with van der Waals surface area (Å²) < 4.78 is 0. The highest BCUT2D eigenvalue weighted by molar-refractivity contribution is 5.92. The fourth-order valence-corrected chi connectivity index (χ4v) is 2.12. The molecule has 1 aromatic heterocycles. The van der Waals surface area contributed by atoms with Gasteiger partial charge in [-0.05, 0) is 36.8 Å². The summed E-state index contributed by atoms with van der Waals surface area (Å²) >= 11 is 0. The van der Waals surface area contributed by atoms with Crippen molar-refractivity contribution < 1.29 is 4.79 Å². The van der Waals surface area contributed by atoms with Crippen molar-refractivity contribution in [2.45, 2.75) is 32.6 Å². The summed E-state index contributed by atoms with van der Waals surface area (Å²) in [5, 5.41) is 2.96. The molecule has 1 aromatic rings. The largest absolute Gasteiger partial charge is 0.397 e. The average molecular weight is 233 g/mol. The van der Waals surface area contributed by atoms with Gasteiger partial charge >= 0.3 is 0 Å². The lowest BCUT2D eigenvalue weighted by Crippen LogP contribution is -2.30. The van der Waals surface area contributed by atoms with Crippen LogP contribution in [-0.2, 0) is 0 Å². The van der Waals surface area contributed by atoms with Crippen molar-refractivity contribution in [3.8, 4) is 0 Å². The molecule has 0 unspecified atom stereocenters. The summed E-state index contributed by atoms with van der Waals surface area (Å²) in [4.78, 5) is 15.8. The molecule has 0 aliphatic heterocycles. The van der Waals surface area contributed by atoms with Gasteiger partial charge in [0.25, 0.3) is 5.91 Å². The number of amides is 1. The third kappa shape index (κ3) is 2.96. The predicted octanol–water partition coefficient (Wildman–Crippen LogP) is 1.97. The number of nitrogen functional groups attached to an aromatic ring is 1. The minimum absolute atomic E-state index is 0.104. The Morgan fingerprint density at radius 1 is 1.53 bits per heavy atom. The van der Waals surface area contributed by atoms with Gasteiger partial charge in [-0.1, -0.05) is 13.3 Å². The molecule has 2 rings (SSSR count). The van der Waals surface area contributed by atoms with Gasteiger partial charge in [0.05, 0.1) is 11.9 Å². The number of rotatable bonds is 5. The first kappa shape index (κ1) is 11.9. The summed E-state index contributed by atoms with van der Waals surface area (Å²) in [6.07, 6.45) is 6.35. The summed E-state index contributed by atoms with van der Waals surface area (Å²) in [6.45, 7) is 2.95. The zero-order valence-corrected chi connectivity index (χ0v) is 10.2. The van der Waals surface area contributed by atoms with E-state index in [1.807, 2.05) is 0 Å². The van der Waals surface area contributed by atoms with E-state index in [9.17, 15) is 4.79 Å². The van der Waals surface area contributed by atoms with E-state index in [-0.39, 0.29) is 5.91 Å². The molecule has 3 N–H and O–H groups in total. The molecule has 0 spiro atoms. The highest BCUT2D eigenvalue weighted by Gasteiger charge is 2.41. The quantitative estimate of drug-likeness (QED) is 0.817. The Kier molecular flexibility index (Phi) is 3.31. The first-order chi connectivity index (χ1) is 8.15. The van der Waals surface area contributed by atoms with Crippen LogP contribution in [0.3, 0.4) is 0 Å². The van der Waals surface area contributed by atoms with Crippen LogP contribution in [0.1, 0.15) is 43.1 Å². The van der Waals surface area contributed by atoms with Crippen LogP contribution in [0.25, 0.3) is 0 Å². The zero-order chi connectivity index (χ0) is 12.3. The van der Waals surface area contributed by atoms with Crippen molar-refractivity contribution in [3.05, 3.63) is 24.0 Å². The van der Waals surface area contributed by atoms with Crippen molar-refractivity contribution >= 4 is 11.6 Å². The number of hydrogen-bond donors (Lipinski definition) is 2. The van der Waals surface area contributed by atoms with Crippen LogP contribution in [0.5, 0.6) is 0 Å². The van der Waals surface area contributed by atoms with Crippen LogP contribution in [0.4, 0.5) is 5.69 Å². The van der Waals surface area contributed by atoms with Gasteiger partial charge < -0.3 is 11.1 Å². The van der Waals surface area contributed by atoms with E-state index < -0.39 is 0 Å². The number of hydrogen-bond acceptors (Lipinski definition) is 3. The summed E-state index contributed by atoms with van der Waals surface area (Å²) in [5.41, 5.74) is 6.91. The van der Waals surface area contributed by atoms with Gasteiger partial charge in [-0.3, -0.25) is 4.79 Å². The predicted molar refractivity (Wildman–Crippen MR) is 67.6 cm³/mol. The van der Waals surface area contributed by atoms with Crippen LogP contribution in [-0.4, -0.2) is 17.4 Å². The van der Waals surface area contributed by atoms with E-state index in [1.165, 1.54) is 31.9 Å². The molecule has 1 aliphatic rings. The number of nitrogens with two attached hydrogens (primary N) is 1. The molecule has 0 radical (unpaired) electrons. The lowest BCUT2D eigenvalue weighted by molar-refractivity contribution is 0.0939. The van der Waals surface area contributed by atoms with Gasteiger partial charge in [0, 0.05) is 6.54 Å². The second kappa shape index (κ2) is 4.73. The molecule has 1 heterocycles. The molecule has 1 saturated carbocycles. The monoisotopic (exact) mass is 233 g/mol. The number of anilines is 1. The van der Waals surface area contributed by atoms with E-state index in [2.05, 4.69) is 17.2 Å². The molecule has 92 valence electrons. The average Bonchev–Trinajstić information content (AvgIpc) is 3.08. The van der Waals surface area contributed by atoms with Crippen molar-refractivity contribution in [3.63, 3.8) is 0 Å². The lowest BCUT2D eigenvalue weighted by atomic mass is 10.0. The molecular formula is C13H19N3O. The smallest absolute Gasteiger partial charge is 0.269 e. The Morgan fingerprint density at radius 2 is 2.29 bits per heavy atom. The van der Waals surface area contributed by atoms with E-state index in [0.717, 1.165) is 6.54 Å². The van der Waals surface area contributed by atoms with Crippen LogP contribution in [0.2, 0.25) is 0 Å². The van der Waals surface area contributed by atoms with Crippen LogP contribution >= 0.6 is 0 Å². The molecule has 0 aromatic carbocycles. The molecule has 1 aliphatic carbocycles. The van der Waals surface area contributed by atoms with Crippen molar-refractivity contribution in [2.75, 3.05) is 12.3 Å².